The third kappa shape index (κ3) is 1.22. The fraction of sp³-hybridized carbons (Fsp3) is 0.222. The summed E-state index contributed by atoms with van der Waals surface area (Å²) in [6.07, 6.45) is 3.37. The number of nitrogen functional groups attached to an aromatic ring is 1. The molecule has 0 unspecified atom stereocenters. The second-order valence-electron chi connectivity index (χ2n) is 3.05. The molecular formula is C9H11N5. The number of aryl methyl sites for hydroxylation is 1. The van der Waals surface area contributed by atoms with Gasteiger partial charge in [-0.05, 0) is 13.0 Å². The lowest BCUT2D eigenvalue weighted by molar-refractivity contribution is 0.779. The van der Waals surface area contributed by atoms with Gasteiger partial charge in [-0.3, -0.25) is 4.68 Å². The summed E-state index contributed by atoms with van der Waals surface area (Å²) in [4.78, 5) is 8.24. The summed E-state index contributed by atoms with van der Waals surface area (Å²) in [6, 6.07) is 1.77. The molecule has 0 aliphatic heterocycles. The zero-order valence-electron chi connectivity index (χ0n) is 8.10. The van der Waals surface area contributed by atoms with E-state index in [2.05, 4.69) is 15.1 Å². The fourth-order valence-corrected chi connectivity index (χ4v) is 1.28. The Kier molecular flexibility index (Phi) is 1.92. The quantitative estimate of drug-likeness (QED) is 0.719. The number of aromatic nitrogens is 4. The Hall–Kier alpha value is -1.91. The van der Waals surface area contributed by atoms with Gasteiger partial charge in [-0.2, -0.15) is 5.10 Å². The summed E-state index contributed by atoms with van der Waals surface area (Å²) in [5.41, 5.74) is 7.44. The monoisotopic (exact) mass is 189 g/mol. The first-order chi connectivity index (χ1) is 6.70. The van der Waals surface area contributed by atoms with Gasteiger partial charge in [-0.15, -0.1) is 0 Å². The lowest BCUT2D eigenvalue weighted by Crippen LogP contribution is -1.97. The third-order valence-electron chi connectivity index (χ3n) is 2.12. The SMILES string of the molecule is Cc1c(-c2ncccn2)nn(C)c1N. The van der Waals surface area contributed by atoms with Crippen molar-refractivity contribution in [3.05, 3.63) is 24.0 Å². The van der Waals surface area contributed by atoms with E-state index >= 15 is 0 Å². The minimum Gasteiger partial charge on any atom is -0.384 e. The summed E-state index contributed by atoms with van der Waals surface area (Å²) in [5, 5.41) is 4.25. The van der Waals surface area contributed by atoms with Crippen LogP contribution in [0.15, 0.2) is 18.5 Å². The normalized spacial score (nSPS) is 10.4. The molecule has 5 heteroatoms. The van der Waals surface area contributed by atoms with Crippen LogP contribution in [0.2, 0.25) is 0 Å². The Morgan fingerprint density at radius 3 is 2.43 bits per heavy atom. The van der Waals surface area contributed by atoms with E-state index in [1.54, 1.807) is 30.2 Å². The Morgan fingerprint density at radius 2 is 1.93 bits per heavy atom. The van der Waals surface area contributed by atoms with Crippen molar-refractivity contribution < 1.29 is 0 Å². The maximum Gasteiger partial charge on any atom is 0.180 e. The zero-order valence-corrected chi connectivity index (χ0v) is 8.10. The third-order valence-corrected chi connectivity index (χ3v) is 2.12. The standard InChI is InChI=1S/C9H11N5/c1-6-7(13-14(2)8(6)10)9-11-4-3-5-12-9/h3-5H,10H2,1-2H3. The predicted molar refractivity (Wildman–Crippen MR) is 53.4 cm³/mol. The fourth-order valence-electron chi connectivity index (χ4n) is 1.28. The molecule has 0 aliphatic carbocycles. The van der Waals surface area contributed by atoms with Crippen LogP contribution < -0.4 is 5.73 Å². The first-order valence-electron chi connectivity index (χ1n) is 4.26. The first kappa shape index (κ1) is 8.68. The summed E-state index contributed by atoms with van der Waals surface area (Å²) in [7, 11) is 1.80. The van der Waals surface area contributed by atoms with Crippen LogP contribution in [0.5, 0.6) is 0 Å². The topological polar surface area (TPSA) is 69.6 Å². The summed E-state index contributed by atoms with van der Waals surface area (Å²) in [6.45, 7) is 1.91. The molecule has 2 N–H and O–H groups in total. The van der Waals surface area contributed by atoms with Crippen LogP contribution in [-0.4, -0.2) is 19.7 Å². The first-order valence-corrected chi connectivity index (χ1v) is 4.26. The maximum atomic E-state index is 5.78. The Balaban J connectivity index is 2.58. The summed E-state index contributed by atoms with van der Waals surface area (Å²) in [5.74, 6) is 1.25. The van der Waals surface area contributed by atoms with Crippen LogP contribution in [0, 0.1) is 6.92 Å². The zero-order chi connectivity index (χ0) is 10.1. The molecule has 0 radical (unpaired) electrons. The van der Waals surface area contributed by atoms with Crippen LogP contribution >= 0.6 is 0 Å². The molecule has 0 atom stereocenters. The van der Waals surface area contributed by atoms with Crippen molar-refractivity contribution in [2.45, 2.75) is 6.92 Å². The molecule has 0 aliphatic rings. The molecule has 2 aromatic rings. The van der Waals surface area contributed by atoms with Gasteiger partial charge in [-0.25, -0.2) is 9.97 Å². The van der Waals surface area contributed by atoms with Crippen molar-refractivity contribution in [1.29, 1.82) is 0 Å². The summed E-state index contributed by atoms with van der Waals surface area (Å²) < 4.78 is 1.63. The number of rotatable bonds is 1. The number of hydrogen-bond donors (Lipinski definition) is 1. The van der Waals surface area contributed by atoms with Crippen molar-refractivity contribution in [3.8, 4) is 11.5 Å². The smallest absolute Gasteiger partial charge is 0.180 e. The van der Waals surface area contributed by atoms with Gasteiger partial charge >= 0.3 is 0 Å². The highest BCUT2D eigenvalue weighted by atomic mass is 15.3. The molecule has 0 amide bonds. The largest absolute Gasteiger partial charge is 0.384 e. The number of hydrogen-bond acceptors (Lipinski definition) is 4. The van der Waals surface area contributed by atoms with E-state index in [1.165, 1.54) is 0 Å². The highest BCUT2D eigenvalue weighted by Crippen LogP contribution is 2.21. The van der Waals surface area contributed by atoms with E-state index in [1.807, 2.05) is 6.92 Å². The van der Waals surface area contributed by atoms with Gasteiger partial charge in [-0.1, -0.05) is 0 Å². The molecule has 2 heterocycles. The lowest BCUT2D eigenvalue weighted by Gasteiger charge is -1.94. The van der Waals surface area contributed by atoms with Crippen molar-refractivity contribution in [2.24, 2.45) is 7.05 Å². The molecule has 5 nitrogen and oxygen atoms in total. The Morgan fingerprint density at radius 1 is 1.29 bits per heavy atom. The highest BCUT2D eigenvalue weighted by molar-refractivity contribution is 5.61. The molecule has 0 fully saturated rings. The van der Waals surface area contributed by atoms with Crippen LogP contribution in [0.25, 0.3) is 11.5 Å². The van der Waals surface area contributed by atoms with E-state index in [0.29, 0.717) is 11.6 Å². The average molecular weight is 189 g/mol. The maximum absolute atomic E-state index is 5.78. The molecular weight excluding hydrogens is 178 g/mol. The van der Waals surface area contributed by atoms with E-state index in [0.717, 1.165) is 11.3 Å². The van der Waals surface area contributed by atoms with Crippen LogP contribution in [0.1, 0.15) is 5.56 Å². The molecule has 2 rings (SSSR count). The van der Waals surface area contributed by atoms with Crippen molar-refractivity contribution in [1.82, 2.24) is 19.7 Å². The molecule has 0 saturated heterocycles. The predicted octanol–water partition coefficient (Wildman–Crippen LogP) is 0.768. The van der Waals surface area contributed by atoms with Gasteiger partial charge in [0.05, 0.1) is 0 Å². The second kappa shape index (κ2) is 3.10. The molecule has 0 spiro atoms. The van der Waals surface area contributed by atoms with Crippen LogP contribution in [0.3, 0.4) is 0 Å². The molecule has 0 aromatic carbocycles. The lowest BCUT2D eigenvalue weighted by atomic mass is 10.2. The van der Waals surface area contributed by atoms with Gasteiger partial charge < -0.3 is 5.73 Å². The van der Waals surface area contributed by atoms with Gasteiger partial charge in [0.2, 0.25) is 0 Å². The van der Waals surface area contributed by atoms with Crippen LogP contribution in [-0.2, 0) is 7.05 Å². The van der Waals surface area contributed by atoms with Gasteiger partial charge in [0.15, 0.2) is 5.82 Å². The van der Waals surface area contributed by atoms with E-state index in [9.17, 15) is 0 Å². The molecule has 72 valence electrons. The average Bonchev–Trinajstić information content (AvgIpc) is 2.47. The number of anilines is 1. The van der Waals surface area contributed by atoms with E-state index in [4.69, 9.17) is 5.73 Å². The van der Waals surface area contributed by atoms with Crippen molar-refractivity contribution in [2.75, 3.05) is 5.73 Å². The molecule has 2 aromatic heterocycles. The van der Waals surface area contributed by atoms with Gasteiger partial charge in [0, 0.05) is 25.0 Å². The van der Waals surface area contributed by atoms with E-state index < -0.39 is 0 Å². The molecule has 0 saturated carbocycles. The summed E-state index contributed by atoms with van der Waals surface area (Å²) >= 11 is 0. The number of nitrogens with zero attached hydrogens (tertiary/aromatic N) is 4. The van der Waals surface area contributed by atoms with Gasteiger partial charge in [0.1, 0.15) is 11.5 Å². The van der Waals surface area contributed by atoms with Gasteiger partial charge in [0.25, 0.3) is 0 Å². The molecule has 0 bridgehead atoms. The minimum absolute atomic E-state index is 0.609. The Labute approximate surface area is 81.6 Å². The highest BCUT2D eigenvalue weighted by Gasteiger charge is 2.12. The van der Waals surface area contributed by atoms with Crippen LogP contribution in [0.4, 0.5) is 5.82 Å². The van der Waals surface area contributed by atoms with Crippen molar-refractivity contribution >= 4 is 5.82 Å². The Bertz CT molecular complexity index is 446. The van der Waals surface area contributed by atoms with Crippen molar-refractivity contribution in [3.63, 3.8) is 0 Å². The second-order valence-corrected chi connectivity index (χ2v) is 3.05. The number of nitrogens with two attached hydrogens (primary N) is 1. The van der Waals surface area contributed by atoms with E-state index in [-0.39, 0.29) is 0 Å². The molecule has 14 heavy (non-hydrogen) atoms. The minimum atomic E-state index is 0.609.